The zero-order chi connectivity index (χ0) is 15.8. The molecule has 0 fully saturated rings. The van der Waals surface area contributed by atoms with E-state index in [9.17, 15) is 18.0 Å². The number of carbonyl (C=O) groups excluding carboxylic acids is 1. The molecular weight excluding hydrogens is 281 g/mol. The second-order valence-corrected chi connectivity index (χ2v) is 5.10. The van der Waals surface area contributed by atoms with E-state index in [0.29, 0.717) is 5.56 Å². The molecule has 0 unspecified atom stereocenters. The van der Waals surface area contributed by atoms with Gasteiger partial charge in [-0.1, -0.05) is 6.07 Å². The monoisotopic (exact) mass is 296 g/mol. The van der Waals surface area contributed by atoms with Crippen molar-refractivity contribution in [3.63, 3.8) is 0 Å². The van der Waals surface area contributed by atoms with Crippen LogP contribution in [0.3, 0.4) is 0 Å². The average Bonchev–Trinajstić information content (AvgIpc) is 2.82. The smallest absolute Gasteiger partial charge is 0.292 e. The van der Waals surface area contributed by atoms with Gasteiger partial charge in [0.15, 0.2) is 5.78 Å². The van der Waals surface area contributed by atoms with Crippen molar-refractivity contribution < 1.29 is 18.0 Å². The summed E-state index contributed by atoms with van der Waals surface area (Å²) in [5.74, 6) is -0.257. The average molecular weight is 296 g/mol. The predicted octanol–water partition coefficient (Wildman–Crippen LogP) is 3.71. The molecule has 1 aromatic carbocycles. The standard InChI is InChI=1S/C15H15F3N2O/c1-9-4-11(3)13(5-10(9)2)14(21)8-20-7-12(6-19-20)15(16,17)18/h4-7H,8H2,1-3H3. The van der Waals surface area contributed by atoms with Gasteiger partial charge >= 0.3 is 6.18 Å². The molecule has 0 aliphatic rings. The summed E-state index contributed by atoms with van der Waals surface area (Å²) >= 11 is 0. The summed E-state index contributed by atoms with van der Waals surface area (Å²) in [5, 5.41) is 3.59. The summed E-state index contributed by atoms with van der Waals surface area (Å²) in [6.45, 7) is 5.43. The number of benzene rings is 1. The molecule has 0 radical (unpaired) electrons. The fraction of sp³-hybridized carbons (Fsp3) is 0.333. The number of rotatable bonds is 3. The highest BCUT2D eigenvalue weighted by Gasteiger charge is 2.32. The molecule has 0 spiro atoms. The van der Waals surface area contributed by atoms with Gasteiger partial charge in [0.1, 0.15) is 6.54 Å². The normalized spacial score (nSPS) is 11.7. The molecule has 1 aromatic heterocycles. The second kappa shape index (κ2) is 5.35. The highest BCUT2D eigenvalue weighted by Crippen LogP contribution is 2.28. The van der Waals surface area contributed by atoms with Crippen molar-refractivity contribution in [2.75, 3.05) is 0 Å². The van der Waals surface area contributed by atoms with Crippen LogP contribution in [0.2, 0.25) is 0 Å². The molecule has 0 aliphatic carbocycles. The van der Waals surface area contributed by atoms with Gasteiger partial charge in [-0.2, -0.15) is 18.3 Å². The van der Waals surface area contributed by atoms with Gasteiger partial charge in [0, 0.05) is 11.8 Å². The summed E-state index contributed by atoms with van der Waals surface area (Å²) in [7, 11) is 0. The zero-order valence-corrected chi connectivity index (χ0v) is 12.0. The van der Waals surface area contributed by atoms with E-state index in [4.69, 9.17) is 0 Å². The predicted molar refractivity (Wildman–Crippen MR) is 72.2 cm³/mol. The fourth-order valence-electron chi connectivity index (χ4n) is 2.09. The van der Waals surface area contributed by atoms with E-state index in [2.05, 4.69) is 5.10 Å². The molecule has 21 heavy (non-hydrogen) atoms. The Morgan fingerprint density at radius 2 is 1.76 bits per heavy atom. The lowest BCUT2D eigenvalue weighted by Crippen LogP contribution is -2.13. The molecule has 0 saturated heterocycles. The third kappa shape index (κ3) is 3.32. The van der Waals surface area contributed by atoms with Crippen LogP contribution in [-0.4, -0.2) is 15.6 Å². The van der Waals surface area contributed by atoms with Crippen molar-refractivity contribution in [3.8, 4) is 0 Å². The van der Waals surface area contributed by atoms with Crippen molar-refractivity contribution in [2.45, 2.75) is 33.5 Å². The Morgan fingerprint density at radius 3 is 2.33 bits per heavy atom. The Balaban J connectivity index is 2.22. The van der Waals surface area contributed by atoms with Crippen LogP contribution in [0.4, 0.5) is 13.2 Å². The van der Waals surface area contributed by atoms with Gasteiger partial charge in [0.25, 0.3) is 0 Å². The van der Waals surface area contributed by atoms with E-state index >= 15 is 0 Å². The van der Waals surface area contributed by atoms with Gasteiger partial charge in [-0.15, -0.1) is 0 Å². The molecule has 3 nitrogen and oxygen atoms in total. The molecule has 0 saturated carbocycles. The quantitative estimate of drug-likeness (QED) is 0.809. The number of nitrogens with zero attached hydrogens (tertiary/aromatic N) is 2. The maximum absolute atomic E-state index is 12.5. The van der Waals surface area contributed by atoms with Crippen LogP contribution in [0, 0.1) is 20.8 Å². The summed E-state index contributed by atoms with van der Waals surface area (Å²) < 4.78 is 38.5. The van der Waals surface area contributed by atoms with Crippen LogP contribution >= 0.6 is 0 Å². The Morgan fingerprint density at radius 1 is 1.14 bits per heavy atom. The molecule has 112 valence electrons. The number of aromatic nitrogens is 2. The maximum atomic E-state index is 12.5. The summed E-state index contributed by atoms with van der Waals surface area (Å²) in [6.07, 6.45) is -2.88. The Kier molecular flexibility index (Phi) is 3.89. The van der Waals surface area contributed by atoms with Crippen molar-refractivity contribution in [3.05, 3.63) is 52.3 Å². The van der Waals surface area contributed by atoms with Gasteiger partial charge in [0.2, 0.25) is 0 Å². The zero-order valence-electron chi connectivity index (χ0n) is 12.0. The largest absolute Gasteiger partial charge is 0.419 e. The highest BCUT2D eigenvalue weighted by atomic mass is 19.4. The minimum absolute atomic E-state index is 0.209. The van der Waals surface area contributed by atoms with Crippen LogP contribution in [-0.2, 0) is 12.7 Å². The van der Waals surface area contributed by atoms with Crippen LogP contribution in [0.1, 0.15) is 32.6 Å². The number of alkyl halides is 3. The van der Waals surface area contributed by atoms with E-state index in [1.807, 2.05) is 26.8 Å². The van der Waals surface area contributed by atoms with Gasteiger partial charge in [-0.05, 0) is 43.5 Å². The third-order valence-corrected chi connectivity index (χ3v) is 3.41. The van der Waals surface area contributed by atoms with Crippen molar-refractivity contribution in [1.82, 2.24) is 9.78 Å². The number of halogens is 3. The van der Waals surface area contributed by atoms with E-state index < -0.39 is 11.7 Å². The second-order valence-electron chi connectivity index (χ2n) is 5.10. The fourth-order valence-corrected chi connectivity index (χ4v) is 2.09. The molecule has 0 bridgehead atoms. The molecule has 0 atom stereocenters. The third-order valence-electron chi connectivity index (χ3n) is 3.41. The highest BCUT2D eigenvalue weighted by molar-refractivity contribution is 5.97. The van der Waals surface area contributed by atoms with E-state index in [0.717, 1.165) is 33.8 Å². The van der Waals surface area contributed by atoms with Crippen molar-refractivity contribution in [2.24, 2.45) is 0 Å². The summed E-state index contributed by atoms with van der Waals surface area (Å²) in [4.78, 5) is 12.2. The van der Waals surface area contributed by atoms with Crippen molar-refractivity contribution in [1.29, 1.82) is 0 Å². The van der Waals surface area contributed by atoms with Gasteiger partial charge < -0.3 is 0 Å². The minimum atomic E-state index is -4.45. The summed E-state index contributed by atoms with van der Waals surface area (Å²) in [6, 6.07) is 3.66. The number of ketones is 1. The first-order valence-corrected chi connectivity index (χ1v) is 6.39. The van der Waals surface area contributed by atoms with Gasteiger partial charge in [-0.25, -0.2) is 0 Å². The Hall–Kier alpha value is -2.11. The van der Waals surface area contributed by atoms with Crippen LogP contribution in [0.15, 0.2) is 24.5 Å². The first-order valence-electron chi connectivity index (χ1n) is 6.39. The molecule has 0 N–H and O–H groups in total. The first kappa shape index (κ1) is 15.3. The van der Waals surface area contributed by atoms with Crippen LogP contribution in [0.5, 0.6) is 0 Å². The number of hydrogen-bond acceptors (Lipinski definition) is 2. The van der Waals surface area contributed by atoms with Gasteiger partial charge in [0.05, 0.1) is 11.8 Å². The molecule has 2 aromatic rings. The molecule has 1 heterocycles. The number of carbonyl (C=O) groups is 1. The summed E-state index contributed by atoms with van der Waals surface area (Å²) in [5.41, 5.74) is 2.52. The number of aryl methyl sites for hydroxylation is 3. The van der Waals surface area contributed by atoms with Crippen LogP contribution in [0.25, 0.3) is 0 Å². The van der Waals surface area contributed by atoms with Crippen molar-refractivity contribution >= 4 is 5.78 Å². The van der Waals surface area contributed by atoms with Crippen LogP contribution < -0.4 is 0 Å². The van der Waals surface area contributed by atoms with E-state index in [1.54, 1.807) is 6.07 Å². The lowest BCUT2D eigenvalue weighted by Gasteiger charge is -2.09. The minimum Gasteiger partial charge on any atom is -0.292 e. The maximum Gasteiger partial charge on any atom is 0.419 e. The lowest BCUT2D eigenvalue weighted by molar-refractivity contribution is -0.137. The van der Waals surface area contributed by atoms with Gasteiger partial charge in [-0.3, -0.25) is 9.48 Å². The molecule has 0 aliphatic heterocycles. The molecular formula is C15H15F3N2O. The molecule has 0 amide bonds. The topological polar surface area (TPSA) is 34.9 Å². The van der Waals surface area contributed by atoms with E-state index in [-0.39, 0.29) is 12.3 Å². The Bertz CT molecular complexity index is 687. The number of hydrogen-bond donors (Lipinski definition) is 0. The first-order chi connectivity index (χ1) is 9.68. The molecule has 2 rings (SSSR count). The van der Waals surface area contributed by atoms with E-state index in [1.165, 1.54) is 0 Å². The lowest BCUT2D eigenvalue weighted by atomic mass is 9.98. The number of Topliss-reactive ketones (excluding diaryl/α,β-unsaturated/α-hetero) is 1. The molecule has 6 heteroatoms. The SMILES string of the molecule is Cc1cc(C)c(C(=O)Cn2cc(C(F)(F)F)cn2)cc1C. The Labute approximate surface area is 120 Å².